The van der Waals surface area contributed by atoms with E-state index in [9.17, 15) is 23.6 Å². The number of carbonyl (C=O) groups excluding carboxylic acids is 2. The van der Waals surface area contributed by atoms with Crippen molar-refractivity contribution in [2.24, 2.45) is 14.1 Å². The van der Waals surface area contributed by atoms with Crippen molar-refractivity contribution in [3.05, 3.63) is 62.8 Å². The van der Waals surface area contributed by atoms with E-state index in [1.807, 2.05) is 0 Å². The summed E-state index contributed by atoms with van der Waals surface area (Å²) >= 11 is 0. The lowest BCUT2D eigenvalue weighted by molar-refractivity contribution is -0.142. The van der Waals surface area contributed by atoms with Gasteiger partial charge in [-0.1, -0.05) is 0 Å². The molecule has 3 aromatic rings. The van der Waals surface area contributed by atoms with E-state index < -0.39 is 35.4 Å². The highest BCUT2D eigenvalue weighted by atomic mass is 19.1. The first-order valence-electron chi connectivity index (χ1n) is 8.35. The molecule has 0 aliphatic heterocycles. The Morgan fingerprint density at radius 2 is 1.79 bits per heavy atom. The van der Waals surface area contributed by atoms with Crippen LogP contribution in [0.3, 0.4) is 0 Å². The number of fused-ring (bicyclic) bond motifs is 1. The van der Waals surface area contributed by atoms with Crippen LogP contribution in [-0.2, 0) is 30.2 Å². The molecular weight excluding hydrogens is 371 g/mol. The smallest absolute Gasteiger partial charge is 0.332 e. The maximum absolute atomic E-state index is 12.9. The van der Waals surface area contributed by atoms with Crippen LogP contribution in [0, 0.1) is 5.82 Å². The molecule has 146 valence electrons. The molecule has 0 saturated carbocycles. The lowest BCUT2D eigenvalue weighted by Crippen LogP contribution is -2.37. The molecule has 28 heavy (non-hydrogen) atoms. The molecule has 0 fully saturated rings. The standard InChI is InChI=1S/C18H17FN4O5/c1-21-16-15(17(26)22(2)18(21)27)23(10-20-16)8-7-14(25)28-9-13(24)11-3-5-12(19)6-4-11/h3-6,10H,7-9H2,1-2H3. The Morgan fingerprint density at radius 1 is 1.11 bits per heavy atom. The fourth-order valence-corrected chi connectivity index (χ4v) is 2.72. The van der Waals surface area contributed by atoms with E-state index in [-0.39, 0.29) is 29.7 Å². The van der Waals surface area contributed by atoms with Gasteiger partial charge in [0.1, 0.15) is 5.82 Å². The Balaban J connectivity index is 1.65. The van der Waals surface area contributed by atoms with Gasteiger partial charge < -0.3 is 9.30 Å². The van der Waals surface area contributed by atoms with Crippen molar-refractivity contribution < 1.29 is 18.7 Å². The molecule has 3 rings (SSSR count). The number of aromatic nitrogens is 4. The summed E-state index contributed by atoms with van der Waals surface area (Å²) in [5, 5.41) is 0. The molecular formula is C18H17FN4O5. The number of hydrogen-bond donors (Lipinski definition) is 0. The number of halogens is 1. The quantitative estimate of drug-likeness (QED) is 0.447. The molecule has 0 aliphatic carbocycles. The molecule has 9 nitrogen and oxygen atoms in total. The van der Waals surface area contributed by atoms with Gasteiger partial charge in [0.05, 0.1) is 12.7 Å². The maximum atomic E-state index is 12.9. The Labute approximate surface area is 157 Å². The van der Waals surface area contributed by atoms with E-state index >= 15 is 0 Å². The van der Waals surface area contributed by atoms with Gasteiger partial charge in [0, 0.05) is 26.2 Å². The lowest BCUT2D eigenvalue weighted by Gasteiger charge is -2.07. The summed E-state index contributed by atoms with van der Waals surface area (Å²) in [6.07, 6.45) is 1.26. The van der Waals surface area contributed by atoms with Crippen LogP contribution in [0.4, 0.5) is 4.39 Å². The highest BCUT2D eigenvalue weighted by molar-refractivity contribution is 5.97. The summed E-state index contributed by atoms with van der Waals surface area (Å²) < 4.78 is 21.5. The topological polar surface area (TPSA) is 105 Å². The fraction of sp³-hybridized carbons (Fsp3) is 0.278. The van der Waals surface area contributed by atoms with Crippen molar-refractivity contribution in [3.63, 3.8) is 0 Å². The van der Waals surface area contributed by atoms with E-state index in [4.69, 9.17) is 4.74 Å². The molecule has 0 N–H and O–H groups in total. The summed E-state index contributed by atoms with van der Waals surface area (Å²) in [5.41, 5.74) is -0.371. The van der Waals surface area contributed by atoms with Crippen molar-refractivity contribution in [1.29, 1.82) is 0 Å². The van der Waals surface area contributed by atoms with Crippen LogP contribution in [0.25, 0.3) is 11.2 Å². The van der Waals surface area contributed by atoms with E-state index in [2.05, 4.69) is 4.98 Å². The molecule has 0 unspecified atom stereocenters. The number of rotatable bonds is 6. The largest absolute Gasteiger partial charge is 0.457 e. The second kappa shape index (κ2) is 7.59. The van der Waals surface area contributed by atoms with E-state index in [0.29, 0.717) is 0 Å². The van der Waals surface area contributed by atoms with Gasteiger partial charge in [-0.25, -0.2) is 14.2 Å². The predicted octanol–water partition coefficient (Wildman–Crippen LogP) is 0.389. The molecule has 0 bridgehead atoms. The number of aryl methyl sites for hydroxylation is 2. The number of ketones is 1. The van der Waals surface area contributed by atoms with Gasteiger partial charge in [0.2, 0.25) is 0 Å². The van der Waals surface area contributed by atoms with Gasteiger partial charge >= 0.3 is 11.7 Å². The molecule has 0 amide bonds. The van der Waals surface area contributed by atoms with Crippen LogP contribution in [0.1, 0.15) is 16.8 Å². The van der Waals surface area contributed by atoms with Gasteiger partial charge in [0.15, 0.2) is 23.6 Å². The van der Waals surface area contributed by atoms with E-state index in [1.54, 1.807) is 0 Å². The number of Topliss-reactive ketones (excluding diaryl/α,β-unsaturated/α-hetero) is 1. The molecule has 10 heteroatoms. The number of esters is 1. The van der Waals surface area contributed by atoms with Crippen molar-refractivity contribution in [2.45, 2.75) is 13.0 Å². The minimum Gasteiger partial charge on any atom is -0.457 e. The average Bonchev–Trinajstić information content (AvgIpc) is 3.12. The predicted molar refractivity (Wildman–Crippen MR) is 96.5 cm³/mol. The molecule has 0 radical (unpaired) electrons. The van der Waals surface area contributed by atoms with Gasteiger partial charge in [-0.3, -0.25) is 23.5 Å². The van der Waals surface area contributed by atoms with Crippen molar-refractivity contribution in [2.75, 3.05) is 6.61 Å². The number of hydrogen-bond acceptors (Lipinski definition) is 6. The summed E-state index contributed by atoms with van der Waals surface area (Å²) in [5.74, 6) is -1.56. The van der Waals surface area contributed by atoms with Crippen molar-refractivity contribution in [1.82, 2.24) is 18.7 Å². The first-order chi connectivity index (χ1) is 13.3. The molecule has 0 spiro atoms. The highest BCUT2D eigenvalue weighted by Gasteiger charge is 2.16. The summed E-state index contributed by atoms with van der Waals surface area (Å²) in [4.78, 5) is 52.2. The number of carbonyl (C=O) groups is 2. The van der Waals surface area contributed by atoms with Gasteiger partial charge in [0.25, 0.3) is 5.56 Å². The number of benzene rings is 1. The number of ether oxygens (including phenoxy) is 1. The van der Waals surface area contributed by atoms with Crippen LogP contribution in [0.2, 0.25) is 0 Å². The fourth-order valence-electron chi connectivity index (χ4n) is 2.72. The van der Waals surface area contributed by atoms with Crippen molar-refractivity contribution in [3.8, 4) is 0 Å². The van der Waals surface area contributed by atoms with E-state index in [0.717, 1.165) is 16.7 Å². The van der Waals surface area contributed by atoms with Gasteiger partial charge in [-0.15, -0.1) is 0 Å². The Hall–Kier alpha value is -3.56. The second-order valence-corrected chi connectivity index (χ2v) is 6.16. The van der Waals surface area contributed by atoms with Crippen molar-refractivity contribution >= 4 is 22.9 Å². The first-order valence-corrected chi connectivity index (χ1v) is 8.35. The van der Waals surface area contributed by atoms with Gasteiger partial charge in [-0.2, -0.15) is 0 Å². The molecule has 1 aromatic carbocycles. The zero-order valence-corrected chi connectivity index (χ0v) is 15.2. The minimum atomic E-state index is -0.640. The molecule has 0 saturated heterocycles. The number of nitrogens with zero attached hydrogens (tertiary/aromatic N) is 4. The average molecular weight is 388 g/mol. The monoisotopic (exact) mass is 388 g/mol. The summed E-state index contributed by atoms with van der Waals surface area (Å²) in [6.45, 7) is -0.376. The third kappa shape index (κ3) is 3.61. The van der Waals surface area contributed by atoms with Crippen LogP contribution in [-0.4, -0.2) is 37.0 Å². The van der Waals surface area contributed by atoms with Crippen LogP contribution in [0.15, 0.2) is 40.2 Å². The SMILES string of the molecule is Cn1c(=O)c2c(ncn2CCC(=O)OCC(=O)c2ccc(F)cc2)n(C)c1=O. The zero-order valence-electron chi connectivity index (χ0n) is 15.2. The van der Waals surface area contributed by atoms with Crippen LogP contribution in [0.5, 0.6) is 0 Å². The first kappa shape index (κ1) is 19.2. The van der Waals surface area contributed by atoms with E-state index in [1.165, 1.54) is 41.7 Å². The summed E-state index contributed by atoms with van der Waals surface area (Å²) in [6, 6.07) is 4.91. The van der Waals surface area contributed by atoms with Gasteiger partial charge in [-0.05, 0) is 24.3 Å². The van der Waals surface area contributed by atoms with Crippen LogP contribution < -0.4 is 11.2 Å². The Kier molecular flexibility index (Phi) is 5.21. The highest BCUT2D eigenvalue weighted by Crippen LogP contribution is 2.07. The second-order valence-electron chi connectivity index (χ2n) is 6.16. The Bertz CT molecular complexity index is 1170. The lowest BCUT2D eigenvalue weighted by atomic mass is 10.1. The molecule has 0 atom stereocenters. The normalized spacial score (nSPS) is 11.0. The third-order valence-corrected chi connectivity index (χ3v) is 4.30. The zero-order chi connectivity index (χ0) is 20.4. The Morgan fingerprint density at radius 3 is 2.46 bits per heavy atom. The molecule has 2 heterocycles. The molecule has 2 aromatic heterocycles. The minimum absolute atomic E-state index is 0.0908. The maximum Gasteiger partial charge on any atom is 0.332 e. The number of imidazole rings is 1. The van der Waals surface area contributed by atoms with Crippen LogP contribution >= 0.6 is 0 Å². The summed E-state index contributed by atoms with van der Waals surface area (Å²) in [7, 11) is 2.85. The molecule has 0 aliphatic rings. The third-order valence-electron chi connectivity index (χ3n) is 4.30.